The summed E-state index contributed by atoms with van der Waals surface area (Å²) in [4.78, 5) is 0.775. The van der Waals surface area contributed by atoms with Crippen LogP contribution in [0.4, 0.5) is 0 Å². The first-order chi connectivity index (χ1) is 9.59. The van der Waals surface area contributed by atoms with E-state index < -0.39 is 6.10 Å². The van der Waals surface area contributed by atoms with Gasteiger partial charge in [0, 0.05) is 10.4 Å². The molecule has 0 spiro atoms. The molecule has 102 valence electrons. The number of thiophene rings is 1. The van der Waals surface area contributed by atoms with Crippen molar-refractivity contribution in [1.82, 2.24) is 0 Å². The van der Waals surface area contributed by atoms with Crippen LogP contribution in [-0.2, 0) is 0 Å². The lowest BCUT2D eigenvalue weighted by atomic mass is 9.99. The molecule has 0 aliphatic heterocycles. The molecule has 1 heterocycles. The number of halogens is 2. The summed E-state index contributed by atoms with van der Waals surface area (Å²) < 4.78 is 0. The Hall–Kier alpha value is -1.06. The van der Waals surface area contributed by atoms with Crippen LogP contribution in [0, 0.1) is 6.92 Å². The third kappa shape index (κ3) is 2.23. The van der Waals surface area contributed by atoms with Gasteiger partial charge in [-0.2, -0.15) is 0 Å². The summed E-state index contributed by atoms with van der Waals surface area (Å²) in [7, 11) is 0. The average molecular weight is 323 g/mol. The zero-order valence-corrected chi connectivity index (χ0v) is 13.1. The van der Waals surface area contributed by atoms with Crippen molar-refractivity contribution in [2.24, 2.45) is 0 Å². The first-order valence-corrected chi connectivity index (χ1v) is 7.82. The number of aryl methyl sites for hydroxylation is 1. The Balaban J connectivity index is 2.20. The second kappa shape index (κ2) is 5.38. The van der Waals surface area contributed by atoms with Crippen LogP contribution < -0.4 is 0 Å². The van der Waals surface area contributed by atoms with E-state index in [0.717, 1.165) is 26.8 Å². The minimum Gasteiger partial charge on any atom is -0.383 e. The number of aliphatic hydroxyl groups is 1. The molecule has 0 saturated heterocycles. The molecule has 0 aliphatic carbocycles. The molecular formula is C16H12Cl2OS. The number of hydrogen-bond donors (Lipinski definition) is 1. The number of fused-ring (bicyclic) bond motifs is 1. The fourth-order valence-electron chi connectivity index (χ4n) is 2.30. The van der Waals surface area contributed by atoms with Crippen molar-refractivity contribution in [2.45, 2.75) is 13.0 Å². The molecule has 1 aromatic heterocycles. The van der Waals surface area contributed by atoms with Gasteiger partial charge in [0.15, 0.2) is 0 Å². The fraction of sp³-hybridized carbons (Fsp3) is 0.125. The third-order valence-electron chi connectivity index (χ3n) is 3.37. The monoisotopic (exact) mass is 322 g/mol. The summed E-state index contributed by atoms with van der Waals surface area (Å²) >= 11 is 13.9. The molecule has 3 rings (SSSR count). The Bertz CT molecular complexity index is 779. The smallest absolute Gasteiger partial charge is 0.115 e. The molecule has 1 atom stereocenters. The maximum absolute atomic E-state index is 10.7. The highest BCUT2D eigenvalue weighted by Gasteiger charge is 2.19. The SMILES string of the molecule is Cc1csc(C(O)c2ccc(Cl)c3ccccc23)c1Cl. The third-order valence-corrected chi connectivity index (χ3v) is 5.47. The molecule has 0 aliphatic rings. The Labute approximate surface area is 131 Å². The molecule has 0 bridgehead atoms. The van der Waals surface area contributed by atoms with Crippen LogP contribution in [0.2, 0.25) is 10.0 Å². The van der Waals surface area contributed by atoms with E-state index in [1.165, 1.54) is 11.3 Å². The quantitative estimate of drug-likeness (QED) is 0.651. The van der Waals surface area contributed by atoms with E-state index in [-0.39, 0.29) is 0 Å². The van der Waals surface area contributed by atoms with E-state index >= 15 is 0 Å². The normalized spacial score (nSPS) is 12.8. The van der Waals surface area contributed by atoms with Crippen LogP contribution in [0.1, 0.15) is 22.1 Å². The zero-order valence-electron chi connectivity index (χ0n) is 10.7. The largest absolute Gasteiger partial charge is 0.383 e. The van der Waals surface area contributed by atoms with Gasteiger partial charge in [-0.25, -0.2) is 0 Å². The summed E-state index contributed by atoms with van der Waals surface area (Å²) in [5.41, 5.74) is 1.82. The highest BCUT2D eigenvalue weighted by atomic mass is 35.5. The topological polar surface area (TPSA) is 20.2 Å². The minimum absolute atomic E-state index is 0.640. The maximum atomic E-state index is 10.7. The molecule has 0 fully saturated rings. The van der Waals surface area contributed by atoms with E-state index in [2.05, 4.69) is 0 Å². The molecule has 0 radical (unpaired) electrons. The molecule has 20 heavy (non-hydrogen) atoms. The summed E-state index contributed by atoms with van der Waals surface area (Å²) in [6.07, 6.45) is -0.733. The van der Waals surface area contributed by atoms with Crippen molar-refractivity contribution in [1.29, 1.82) is 0 Å². The molecule has 0 saturated carbocycles. The molecule has 2 aromatic carbocycles. The predicted octanol–water partition coefficient (Wildman–Crippen LogP) is 5.60. The van der Waals surface area contributed by atoms with Crippen LogP contribution in [0.25, 0.3) is 10.8 Å². The van der Waals surface area contributed by atoms with Crippen LogP contribution in [0.15, 0.2) is 41.8 Å². The molecule has 0 amide bonds. The van der Waals surface area contributed by atoms with Gasteiger partial charge in [-0.05, 0) is 34.9 Å². The lowest BCUT2D eigenvalue weighted by Crippen LogP contribution is -1.99. The molecule has 1 N–H and O–H groups in total. The number of aliphatic hydroxyl groups excluding tert-OH is 1. The lowest BCUT2D eigenvalue weighted by Gasteiger charge is -2.14. The van der Waals surface area contributed by atoms with E-state index in [1.54, 1.807) is 0 Å². The molecule has 1 nitrogen and oxygen atoms in total. The maximum Gasteiger partial charge on any atom is 0.115 e. The molecule has 1 unspecified atom stereocenters. The molecule has 4 heteroatoms. The second-order valence-corrected chi connectivity index (χ2v) is 6.38. The fourth-order valence-corrected chi connectivity index (χ4v) is 3.83. The van der Waals surface area contributed by atoms with Crippen molar-refractivity contribution >= 4 is 45.3 Å². The Morgan fingerprint density at radius 1 is 1.05 bits per heavy atom. The predicted molar refractivity (Wildman–Crippen MR) is 87.1 cm³/mol. The van der Waals surface area contributed by atoms with Crippen LogP contribution in [0.5, 0.6) is 0 Å². The van der Waals surface area contributed by atoms with Gasteiger partial charge in [-0.3, -0.25) is 0 Å². The highest BCUT2D eigenvalue weighted by Crippen LogP contribution is 2.39. The first kappa shape index (κ1) is 13.9. The molecule has 3 aromatic rings. The second-order valence-electron chi connectivity index (χ2n) is 4.68. The Morgan fingerprint density at radius 3 is 2.40 bits per heavy atom. The summed E-state index contributed by atoms with van der Waals surface area (Å²) in [5.74, 6) is 0. The number of benzene rings is 2. The van der Waals surface area contributed by atoms with Crippen molar-refractivity contribution < 1.29 is 5.11 Å². The van der Waals surface area contributed by atoms with Gasteiger partial charge >= 0.3 is 0 Å². The van der Waals surface area contributed by atoms with Gasteiger partial charge in [0.1, 0.15) is 6.10 Å². The Kier molecular flexibility index (Phi) is 3.74. The van der Waals surface area contributed by atoms with Crippen LogP contribution in [0.3, 0.4) is 0 Å². The van der Waals surface area contributed by atoms with Gasteiger partial charge in [-0.1, -0.05) is 53.5 Å². The highest BCUT2D eigenvalue weighted by molar-refractivity contribution is 7.10. The van der Waals surface area contributed by atoms with E-state index in [0.29, 0.717) is 10.0 Å². The van der Waals surface area contributed by atoms with E-state index in [9.17, 15) is 5.11 Å². The van der Waals surface area contributed by atoms with Crippen LogP contribution >= 0.6 is 34.5 Å². The van der Waals surface area contributed by atoms with E-state index in [4.69, 9.17) is 23.2 Å². The zero-order chi connectivity index (χ0) is 14.3. The Morgan fingerprint density at radius 2 is 1.75 bits per heavy atom. The number of hydrogen-bond acceptors (Lipinski definition) is 2. The number of rotatable bonds is 2. The van der Waals surface area contributed by atoms with Crippen molar-refractivity contribution in [3.8, 4) is 0 Å². The summed E-state index contributed by atoms with van der Waals surface area (Å²) in [5, 5.41) is 15.8. The first-order valence-electron chi connectivity index (χ1n) is 6.18. The molecular weight excluding hydrogens is 311 g/mol. The van der Waals surface area contributed by atoms with Gasteiger partial charge < -0.3 is 5.11 Å². The standard InChI is InChI=1S/C16H12Cl2OS/c1-9-8-20-16(14(9)18)15(19)12-6-7-13(17)11-5-3-2-4-10(11)12/h2-8,15,19H,1H3. The minimum atomic E-state index is -0.733. The van der Waals surface area contributed by atoms with Crippen LogP contribution in [-0.4, -0.2) is 5.11 Å². The van der Waals surface area contributed by atoms with Gasteiger partial charge in [0.2, 0.25) is 0 Å². The van der Waals surface area contributed by atoms with E-state index in [1.807, 2.05) is 48.7 Å². The van der Waals surface area contributed by atoms with Gasteiger partial charge in [0.25, 0.3) is 0 Å². The van der Waals surface area contributed by atoms with Crippen molar-refractivity contribution in [3.63, 3.8) is 0 Å². The lowest BCUT2D eigenvalue weighted by molar-refractivity contribution is 0.226. The average Bonchev–Trinajstić information content (AvgIpc) is 2.79. The van der Waals surface area contributed by atoms with Gasteiger partial charge in [0.05, 0.1) is 9.90 Å². The van der Waals surface area contributed by atoms with Gasteiger partial charge in [-0.15, -0.1) is 11.3 Å². The summed E-state index contributed by atoms with van der Waals surface area (Å²) in [6, 6.07) is 11.5. The van der Waals surface area contributed by atoms with Crippen molar-refractivity contribution in [2.75, 3.05) is 0 Å². The van der Waals surface area contributed by atoms with Crippen molar-refractivity contribution in [3.05, 3.63) is 67.8 Å². The summed E-state index contributed by atoms with van der Waals surface area (Å²) in [6.45, 7) is 1.94.